The molecule has 2 aliphatic heterocycles. The second kappa shape index (κ2) is 14.2. The number of fused-ring (bicyclic) bond motifs is 4. The number of carbonyl (C=O) groups is 6. The summed E-state index contributed by atoms with van der Waals surface area (Å²) in [6, 6.07) is 36.7. The minimum absolute atomic E-state index is 0.00787. The Labute approximate surface area is 370 Å². The van der Waals surface area contributed by atoms with Crippen LogP contribution in [0.4, 0.5) is 5.69 Å². The number of pyridine rings is 1. The lowest BCUT2D eigenvalue weighted by Gasteiger charge is -2.28. The number of hydrogen-bond acceptors (Lipinski definition) is 8. The summed E-state index contributed by atoms with van der Waals surface area (Å²) in [5.74, 6) is -4.85. The van der Waals surface area contributed by atoms with Crippen LogP contribution in [0.2, 0.25) is 15.1 Å². The maximum absolute atomic E-state index is 14.6. The van der Waals surface area contributed by atoms with E-state index in [1.54, 1.807) is 54.6 Å². The molecule has 0 spiro atoms. The van der Waals surface area contributed by atoms with Crippen molar-refractivity contribution in [3.8, 4) is 0 Å². The van der Waals surface area contributed by atoms with E-state index in [1.807, 2.05) is 66.7 Å². The summed E-state index contributed by atoms with van der Waals surface area (Å²) in [6.07, 6.45) is 0. The highest BCUT2D eigenvalue weighted by molar-refractivity contribution is 7.99. The molecule has 0 atom stereocenters. The Hall–Kier alpha value is -6.69. The average Bonchev–Trinajstić information content (AvgIpc) is 3.70. The molecule has 4 amide bonds. The summed E-state index contributed by atoms with van der Waals surface area (Å²) in [5, 5.41) is 3.02. The molecule has 1 aromatic heterocycles. The van der Waals surface area contributed by atoms with Gasteiger partial charge in [0.1, 0.15) is 5.92 Å². The molecule has 9 nitrogen and oxygen atoms in total. The molecular formula is C49H24Cl3N3O6S. The molecule has 298 valence electrons. The zero-order valence-corrected chi connectivity index (χ0v) is 34.8. The van der Waals surface area contributed by atoms with Gasteiger partial charge in [-0.1, -0.05) is 125 Å². The molecule has 0 saturated carbocycles. The van der Waals surface area contributed by atoms with Gasteiger partial charge in [0.15, 0.2) is 11.6 Å². The van der Waals surface area contributed by atoms with Crippen molar-refractivity contribution in [2.45, 2.75) is 22.3 Å². The summed E-state index contributed by atoms with van der Waals surface area (Å²) >= 11 is 21.7. The molecule has 7 aromatic carbocycles. The van der Waals surface area contributed by atoms with Crippen molar-refractivity contribution < 1.29 is 28.8 Å². The van der Waals surface area contributed by atoms with Gasteiger partial charge < -0.3 is 0 Å². The van der Waals surface area contributed by atoms with E-state index in [9.17, 15) is 28.8 Å². The number of ketones is 2. The van der Waals surface area contributed by atoms with Crippen LogP contribution in [0.3, 0.4) is 0 Å². The largest absolute Gasteiger partial charge is 0.293 e. The highest BCUT2D eigenvalue weighted by Crippen LogP contribution is 2.50. The van der Waals surface area contributed by atoms with E-state index < -0.39 is 41.1 Å². The Balaban J connectivity index is 1.06. The van der Waals surface area contributed by atoms with E-state index in [-0.39, 0.29) is 65.7 Å². The minimum Gasteiger partial charge on any atom is -0.293 e. The second-order valence-electron chi connectivity index (χ2n) is 15.1. The first-order valence-electron chi connectivity index (χ1n) is 19.3. The summed E-state index contributed by atoms with van der Waals surface area (Å²) in [7, 11) is 0. The summed E-state index contributed by atoms with van der Waals surface area (Å²) in [4.78, 5) is 93.5. The number of benzene rings is 7. The Kier molecular flexibility index (Phi) is 8.75. The Morgan fingerprint density at radius 2 is 1.13 bits per heavy atom. The maximum Gasteiger partial charge on any atom is 0.267 e. The van der Waals surface area contributed by atoms with Gasteiger partial charge in [-0.15, -0.1) is 0 Å². The lowest BCUT2D eigenvalue weighted by atomic mass is 9.93. The normalized spacial score (nSPS) is 14.9. The molecule has 8 aromatic rings. The van der Waals surface area contributed by atoms with E-state index in [1.165, 1.54) is 17.8 Å². The monoisotopic (exact) mass is 887 g/mol. The second-order valence-corrected chi connectivity index (χ2v) is 17.3. The van der Waals surface area contributed by atoms with Crippen LogP contribution in [0, 0.1) is 0 Å². The van der Waals surface area contributed by atoms with E-state index in [0.29, 0.717) is 27.5 Å². The van der Waals surface area contributed by atoms with Crippen LogP contribution in [0.5, 0.6) is 0 Å². The first-order valence-corrected chi connectivity index (χ1v) is 21.2. The van der Waals surface area contributed by atoms with E-state index >= 15 is 0 Å². The highest BCUT2D eigenvalue weighted by atomic mass is 35.5. The molecule has 0 saturated heterocycles. The van der Waals surface area contributed by atoms with Crippen LogP contribution in [0.25, 0.3) is 32.4 Å². The fraction of sp³-hybridized carbons (Fsp3) is 0.0408. The number of aromatic nitrogens is 1. The Bertz CT molecular complexity index is 3340. The molecule has 0 bridgehead atoms. The van der Waals surface area contributed by atoms with Crippen molar-refractivity contribution in [2.75, 3.05) is 4.90 Å². The number of halogens is 3. The Morgan fingerprint density at radius 3 is 1.76 bits per heavy atom. The molecule has 0 radical (unpaired) electrons. The highest BCUT2D eigenvalue weighted by Gasteiger charge is 2.45. The number of hydrogen-bond donors (Lipinski definition) is 0. The zero-order chi connectivity index (χ0) is 42.7. The quantitative estimate of drug-likeness (QED) is 0.0919. The number of imide groups is 2. The molecule has 62 heavy (non-hydrogen) atoms. The third-order valence-corrected chi connectivity index (χ3v) is 14.3. The standard InChI is InChI=1S/C49H24Cl3N3O6S/c50-39-37-38(40(51)45(41(39)52)62-27-12-2-1-3-13-27)49(61)55(48(37)60)34-19-16-26(22-54-46(58)29-14-6-10-23-11-7-15-30(35(23)29)47(54)59)28-17-18-33(53-42(28)34)36-43(56)31-20-24-8-4-5-9-25(24)21-32(31)44(36)57/h1-21,36H,22H2. The maximum atomic E-state index is 14.6. The lowest BCUT2D eigenvalue weighted by Crippen LogP contribution is -2.39. The Morgan fingerprint density at radius 1 is 0.548 bits per heavy atom. The number of amides is 4. The van der Waals surface area contributed by atoms with Gasteiger partial charge in [-0.3, -0.25) is 33.7 Å². The van der Waals surface area contributed by atoms with Gasteiger partial charge in [-0.05, 0) is 70.3 Å². The van der Waals surface area contributed by atoms with Crippen molar-refractivity contribution in [1.29, 1.82) is 0 Å². The number of rotatable bonds is 6. The summed E-state index contributed by atoms with van der Waals surface area (Å²) in [5.41, 5.74) is 1.46. The third-order valence-electron chi connectivity index (χ3n) is 11.7. The van der Waals surface area contributed by atoms with E-state index in [4.69, 9.17) is 39.8 Å². The fourth-order valence-corrected chi connectivity index (χ4v) is 10.7. The van der Waals surface area contributed by atoms with E-state index in [0.717, 1.165) is 30.9 Å². The first-order chi connectivity index (χ1) is 30.0. The van der Waals surface area contributed by atoms with Crippen LogP contribution in [0.15, 0.2) is 137 Å². The van der Waals surface area contributed by atoms with Crippen molar-refractivity contribution in [3.05, 3.63) is 187 Å². The molecule has 3 heterocycles. The molecule has 0 unspecified atom stereocenters. The molecule has 1 aliphatic carbocycles. The first kappa shape index (κ1) is 38.2. The van der Waals surface area contributed by atoms with Crippen LogP contribution in [-0.4, -0.2) is 45.1 Å². The van der Waals surface area contributed by atoms with Crippen molar-refractivity contribution >= 4 is 120 Å². The SMILES string of the molecule is O=C1c2cc3ccccc3cc2C(=O)C1c1ccc2c(CN3C(=O)c4cccc5cccc(c45)C3=O)ccc(N3C(=O)c4c(Cl)c(Cl)c(Sc5ccccc5)c(Cl)c4C3=O)c2n1. The third kappa shape index (κ3) is 5.54. The average molecular weight is 889 g/mol. The summed E-state index contributed by atoms with van der Waals surface area (Å²) in [6.45, 7) is -0.213. The van der Waals surface area contributed by atoms with Crippen LogP contribution in [0.1, 0.15) is 79.3 Å². The molecule has 11 rings (SSSR count). The van der Waals surface area contributed by atoms with Gasteiger partial charge in [0.05, 0.1) is 54.5 Å². The van der Waals surface area contributed by atoms with Gasteiger partial charge in [0, 0.05) is 37.9 Å². The van der Waals surface area contributed by atoms with Crippen molar-refractivity contribution in [1.82, 2.24) is 9.88 Å². The number of Topliss-reactive ketones (excluding diaryl/α,β-unsaturated/α-hetero) is 2. The van der Waals surface area contributed by atoms with Gasteiger partial charge in [0.25, 0.3) is 23.6 Å². The topological polar surface area (TPSA) is 122 Å². The fourth-order valence-electron chi connectivity index (χ4n) is 8.77. The van der Waals surface area contributed by atoms with Crippen LogP contribution in [-0.2, 0) is 6.54 Å². The molecular weight excluding hydrogens is 865 g/mol. The lowest BCUT2D eigenvalue weighted by molar-refractivity contribution is 0.0597. The van der Waals surface area contributed by atoms with Gasteiger partial charge in [-0.2, -0.15) is 0 Å². The van der Waals surface area contributed by atoms with Gasteiger partial charge >= 0.3 is 0 Å². The van der Waals surface area contributed by atoms with Crippen molar-refractivity contribution in [2.24, 2.45) is 0 Å². The molecule has 0 N–H and O–H groups in total. The number of anilines is 1. The molecule has 0 fully saturated rings. The van der Waals surface area contributed by atoms with Crippen molar-refractivity contribution in [3.63, 3.8) is 0 Å². The summed E-state index contributed by atoms with van der Waals surface area (Å²) < 4.78 is 0. The molecule has 13 heteroatoms. The van der Waals surface area contributed by atoms with Gasteiger partial charge in [-0.25, -0.2) is 9.88 Å². The smallest absolute Gasteiger partial charge is 0.267 e. The van der Waals surface area contributed by atoms with Gasteiger partial charge in [0.2, 0.25) is 0 Å². The van der Waals surface area contributed by atoms with E-state index in [2.05, 4.69) is 0 Å². The predicted octanol–water partition coefficient (Wildman–Crippen LogP) is 11.4. The number of nitrogens with zero attached hydrogens (tertiary/aromatic N) is 3. The zero-order valence-electron chi connectivity index (χ0n) is 31.7. The van der Waals surface area contributed by atoms with Crippen LogP contribution >= 0.6 is 46.6 Å². The van der Waals surface area contributed by atoms with Crippen LogP contribution < -0.4 is 4.90 Å². The predicted molar refractivity (Wildman–Crippen MR) is 238 cm³/mol. The minimum atomic E-state index is -1.33. The number of carbonyl (C=O) groups excluding carboxylic acids is 6. The molecule has 3 aliphatic rings.